The maximum absolute atomic E-state index is 14.8. The van der Waals surface area contributed by atoms with E-state index in [9.17, 15) is 12.8 Å². The van der Waals surface area contributed by atoms with Crippen LogP contribution in [0.3, 0.4) is 0 Å². The Labute approximate surface area is 175 Å². The fourth-order valence-corrected chi connectivity index (χ4v) is 3.47. The van der Waals surface area contributed by atoms with Crippen LogP contribution in [-0.4, -0.2) is 55.4 Å². The average molecular weight is 434 g/mol. The minimum absolute atomic E-state index is 0.103. The van der Waals surface area contributed by atoms with Gasteiger partial charge in [-0.1, -0.05) is 30.3 Å². The van der Waals surface area contributed by atoms with Crippen molar-refractivity contribution in [3.63, 3.8) is 0 Å². The molecule has 2 N–H and O–H groups in total. The molecule has 3 rings (SSSR count). The molecule has 0 unspecified atom stereocenters. The summed E-state index contributed by atoms with van der Waals surface area (Å²) in [4.78, 5) is 6.30. The van der Waals surface area contributed by atoms with Gasteiger partial charge in [-0.3, -0.25) is 4.90 Å². The number of benzene rings is 2. The molecule has 0 saturated carbocycles. The summed E-state index contributed by atoms with van der Waals surface area (Å²) in [7, 11) is -0.460. The first-order valence-corrected chi connectivity index (χ1v) is 10.8. The summed E-state index contributed by atoms with van der Waals surface area (Å²) in [5.41, 5.74) is 1.10. The Kier molecular flexibility index (Phi) is 6.93. The molecule has 0 atom stereocenters. The molecule has 1 aromatic heterocycles. The normalized spacial score (nSPS) is 11.9. The number of primary sulfonamides is 1. The molecular weight excluding hydrogens is 409 g/mol. The number of aromatic nitrogens is 3. The predicted molar refractivity (Wildman–Crippen MR) is 110 cm³/mol. The van der Waals surface area contributed by atoms with E-state index in [-0.39, 0.29) is 10.6 Å². The zero-order valence-electron chi connectivity index (χ0n) is 16.8. The lowest BCUT2D eigenvalue weighted by atomic mass is 10.1. The molecule has 0 aliphatic rings. The van der Waals surface area contributed by atoms with E-state index in [1.165, 1.54) is 16.8 Å². The minimum Gasteiger partial charge on any atom is -0.383 e. The monoisotopic (exact) mass is 433 g/mol. The van der Waals surface area contributed by atoms with Crippen LogP contribution in [0, 0.1) is 5.82 Å². The average Bonchev–Trinajstić information content (AvgIpc) is 3.08. The van der Waals surface area contributed by atoms with E-state index in [0.29, 0.717) is 37.8 Å². The van der Waals surface area contributed by atoms with Gasteiger partial charge < -0.3 is 4.74 Å². The van der Waals surface area contributed by atoms with Gasteiger partial charge >= 0.3 is 0 Å². The number of ether oxygens (including phenoxy) is 1. The summed E-state index contributed by atoms with van der Waals surface area (Å²) in [6, 6.07) is 13.1. The number of nitrogens with zero attached hydrogens (tertiary/aromatic N) is 4. The van der Waals surface area contributed by atoms with Crippen LogP contribution in [0.1, 0.15) is 17.2 Å². The highest BCUT2D eigenvalue weighted by molar-refractivity contribution is 7.89. The van der Waals surface area contributed by atoms with Crippen molar-refractivity contribution in [1.82, 2.24) is 19.7 Å². The lowest BCUT2D eigenvalue weighted by Crippen LogP contribution is -2.23. The van der Waals surface area contributed by atoms with E-state index in [2.05, 4.69) is 10.1 Å². The molecule has 10 heteroatoms. The third-order valence-corrected chi connectivity index (χ3v) is 5.40. The van der Waals surface area contributed by atoms with Gasteiger partial charge in [0.05, 0.1) is 18.0 Å². The highest BCUT2D eigenvalue weighted by atomic mass is 32.2. The van der Waals surface area contributed by atoms with Crippen LogP contribution in [0.25, 0.3) is 5.69 Å². The molecule has 2 aromatic carbocycles. The summed E-state index contributed by atoms with van der Waals surface area (Å²) >= 11 is 0. The Hall–Kier alpha value is -2.66. The van der Waals surface area contributed by atoms with Crippen molar-refractivity contribution in [1.29, 1.82) is 0 Å². The molecule has 0 bridgehead atoms. The minimum atomic E-state index is -4.01. The number of methoxy groups -OCH3 is 1. The molecule has 0 spiro atoms. The fraction of sp³-hybridized carbons (Fsp3) is 0.300. The van der Waals surface area contributed by atoms with Crippen LogP contribution < -0.4 is 5.14 Å². The zero-order chi connectivity index (χ0) is 21.7. The van der Waals surface area contributed by atoms with E-state index in [1.807, 2.05) is 42.3 Å². The summed E-state index contributed by atoms with van der Waals surface area (Å²) in [5, 5.41) is 9.58. The van der Waals surface area contributed by atoms with Crippen LogP contribution in [0.5, 0.6) is 0 Å². The quantitative estimate of drug-likeness (QED) is 0.551. The fourth-order valence-electron chi connectivity index (χ4n) is 2.95. The molecule has 0 amide bonds. The number of likely N-dealkylation sites (N-methyl/N-ethyl adjacent to an activating group) is 1. The maximum atomic E-state index is 14.8. The van der Waals surface area contributed by atoms with Gasteiger partial charge in [0.25, 0.3) is 0 Å². The van der Waals surface area contributed by atoms with Crippen molar-refractivity contribution in [2.45, 2.75) is 17.9 Å². The molecule has 0 saturated heterocycles. The summed E-state index contributed by atoms with van der Waals surface area (Å²) in [6.45, 7) is 1.71. The molecule has 3 aromatic rings. The highest BCUT2D eigenvalue weighted by Gasteiger charge is 2.18. The van der Waals surface area contributed by atoms with E-state index >= 15 is 0 Å². The second-order valence-corrected chi connectivity index (χ2v) is 8.47. The van der Waals surface area contributed by atoms with E-state index < -0.39 is 15.8 Å². The standard InChI is InChI=1S/C20H24FN5O3S/c1-25(10-11-29-2)14-19-23-20(12-15-6-4-3-5-7-15)26(24-19)18-9-8-16(13-17(18)21)30(22,27)28/h3-9,13H,10-12,14H2,1-2H3,(H2,22,27,28). The van der Waals surface area contributed by atoms with E-state index in [0.717, 1.165) is 11.6 Å². The predicted octanol–water partition coefficient (Wildman–Crippen LogP) is 1.72. The van der Waals surface area contributed by atoms with Gasteiger partial charge in [0.15, 0.2) is 5.82 Å². The smallest absolute Gasteiger partial charge is 0.238 e. The van der Waals surface area contributed by atoms with Gasteiger partial charge in [0, 0.05) is 20.1 Å². The van der Waals surface area contributed by atoms with Gasteiger partial charge in [-0.15, -0.1) is 5.10 Å². The molecule has 0 radical (unpaired) electrons. The van der Waals surface area contributed by atoms with E-state index in [1.54, 1.807) is 7.11 Å². The van der Waals surface area contributed by atoms with Crippen LogP contribution in [0.2, 0.25) is 0 Å². The van der Waals surface area contributed by atoms with Crippen molar-refractivity contribution in [3.8, 4) is 5.69 Å². The van der Waals surface area contributed by atoms with Gasteiger partial charge in [-0.25, -0.2) is 27.6 Å². The van der Waals surface area contributed by atoms with Crippen molar-refractivity contribution in [2.75, 3.05) is 27.3 Å². The molecule has 0 fully saturated rings. The first-order valence-electron chi connectivity index (χ1n) is 9.27. The Morgan fingerprint density at radius 1 is 1.20 bits per heavy atom. The summed E-state index contributed by atoms with van der Waals surface area (Å²) in [5.74, 6) is 0.313. The van der Waals surface area contributed by atoms with Crippen molar-refractivity contribution < 1.29 is 17.5 Å². The first kappa shape index (κ1) is 22.0. The highest BCUT2D eigenvalue weighted by Crippen LogP contribution is 2.20. The topological polar surface area (TPSA) is 103 Å². The Morgan fingerprint density at radius 2 is 1.93 bits per heavy atom. The molecule has 8 nitrogen and oxygen atoms in total. The van der Waals surface area contributed by atoms with Crippen molar-refractivity contribution in [2.24, 2.45) is 5.14 Å². The number of rotatable bonds is 9. The van der Waals surface area contributed by atoms with Crippen LogP contribution >= 0.6 is 0 Å². The summed E-state index contributed by atoms with van der Waals surface area (Å²) < 4.78 is 44.3. The van der Waals surface area contributed by atoms with Crippen LogP contribution in [-0.2, 0) is 27.7 Å². The van der Waals surface area contributed by atoms with Gasteiger partial charge in [0.2, 0.25) is 10.0 Å². The maximum Gasteiger partial charge on any atom is 0.238 e. The largest absolute Gasteiger partial charge is 0.383 e. The molecule has 30 heavy (non-hydrogen) atoms. The SMILES string of the molecule is COCCN(C)Cc1nc(Cc2ccccc2)n(-c2ccc(S(N)(=O)=O)cc2F)n1. The Bertz CT molecular complexity index is 1100. The molecule has 160 valence electrons. The Morgan fingerprint density at radius 3 is 2.57 bits per heavy atom. The third-order valence-electron chi connectivity index (χ3n) is 4.49. The summed E-state index contributed by atoms with van der Waals surface area (Å²) in [6.07, 6.45) is 0.437. The number of nitrogens with two attached hydrogens (primary N) is 1. The van der Waals surface area contributed by atoms with Gasteiger partial charge in [-0.05, 0) is 30.8 Å². The Balaban J connectivity index is 1.99. The van der Waals surface area contributed by atoms with Crippen LogP contribution in [0.15, 0.2) is 53.4 Å². The lowest BCUT2D eigenvalue weighted by molar-refractivity contribution is 0.157. The number of halogens is 1. The molecule has 0 aliphatic heterocycles. The van der Waals surface area contributed by atoms with E-state index in [4.69, 9.17) is 9.88 Å². The second-order valence-electron chi connectivity index (χ2n) is 6.91. The lowest BCUT2D eigenvalue weighted by Gasteiger charge is -2.13. The first-order chi connectivity index (χ1) is 14.3. The number of hydrogen-bond donors (Lipinski definition) is 1. The molecular formula is C20H24FN5O3S. The number of sulfonamides is 1. The van der Waals surface area contributed by atoms with Crippen molar-refractivity contribution in [3.05, 3.63) is 71.6 Å². The number of hydrogen-bond acceptors (Lipinski definition) is 6. The van der Waals surface area contributed by atoms with Crippen molar-refractivity contribution >= 4 is 10.0 Å². The molecule has 1 heterocycles. The van der Waals surface area contributed by atoms with Crippen LogP contribution in [0.4, 0.5) is 4.39 Å². The van der Waals surface area contributed by atoms with Gasteiger partial charge in [-0.2, -0.15) is 0 Å². The third kappa shape index (κ3) is 5.48. The zero-order valence-corrected chi connectivity index (χ0v) is 17.6. The van der Waals surface area contributed by atoms with Gasteiger partial charge in [0.1, 0.15) is 17.3 Å². The molecule has 0 aliphatic carbocycles. The second kappa shape index (κ2) is 9.43.